The van der Waals surface area contributed by atoms with Gasteiger partial charge in [-0.2, -0.15) is 60.7 Å². The number of ether oxygens (including phenoxy) is 2. The van der Waals surface area contributed by atoms with Crippen LogP contribution in [0.4, 0.5) is 34.1 Å². The Morgan fingerprint density at radius 3 is 1.22 bits per heavy atom. The summed E-state index contributed by atoms with van der Waals surface area (Å²) >= 11 is 3.77. The van der Waals surface area contributed by atoms with Gasteiger partial charge in [-0.25, -0.2) is 0 Å². The first kappa shape index (κ1) is 67.9. The van der Waals surface area contributed by atoms with Gasteiger partial charge in [0.1, 0.15) is 16.1 Å². The predicted octanol–water partition coefficient (Wildman–Crippen LogP) is 18.9. The number of nitrogens with zero attached hydrogens (tertiary/aromatic N) is 4. The molecule has 512 valence electrons. The first-order valence-electron chi connectivity index (χ1n) is 34.6. The molecule has 4 aromatic heterocycles. The molecule has 6 nitrogen and oxygen atoms in total. The van der Waals surface area contributed by atoms with Crippen LogP contribution >= 0.6 is 22.7 Å². The van der Waals surface area contributed by atoms with Crippen LogP contribution in [-0.2, 0) is 40.8 Å². The van der Waals surface area contributed by atoms with Crippen molar-refractivity contribution in [2.24, 2.45) is 0 Å². The van der Waals surface area contributed by atoms with Crippen LogP contribution in [0.2, 0.25) is 0 Å². The molecular weight excluding hydrogens is 1550 g/mol. The maximum atomic E-state index is 6.48. The molecule has 0 radical (unpaired) electrons. The second kappa shape index (κ2) is 29.0. The van der Waals surface area contributed by atoms with Crippen molar-refractivity contribution in [1.82, 2.24) is 9.97 Å². The average Bonchev–Trinajstić information content (AvgIpc) is 1.04. The number of aromatic nitrogens is 2. The van der Waals surface area contributed by atoms with Gasteiger partial charge in [-0.15, -0.1) is 117 Å². The summed E-state index contributed by atoms with van der Waals surface area (Å²) in [7, 11) is -5.84. The zero-order valence-corrected chi connectivity index (χ0v) is 63.3. The van der Waals surface area contributed by atoms with Crippen molar-refractivity contribution in [3.05, 3.63) is 389 Å². The summed E-state index contributed by atoms with van der Waals surface area (Å²) in [6.07, 6.45) is 3.58. The SMILES string of the molecule is [Pd].[Pd].[c-]1c(Oc2[c-]c(N3c4[c-]cccc4[Si](c4ccccc4)(c4ccccc4)c4c3ccc3c4sc4ccccc43)ccc2)cccc1-c1ccccn1.[c-]1c(Oc2[c-]c(N3c4[c-]cccc4[Si](c4ccccc4)(c4ccccc4)c4c3ccc3sc5ccccc5c43)ccc2)cccc1-c1ccccn1. The minimum absolute atomic E-state index is 0. The number of hydrogen-bond donors (Lipinski definition) is 0. The van der Waals surface area contributed by atoms with Gasteiger partial charge >= 0.3 is 0 Å². The van der Waals surface area contributed by atoms with E-state index in [9.17, 15) is 0 Å². The van der Waals surface area contributed by atoms with Crippen LogP contribution in [0.1, 0.15) is 0 Å². The Morgan fingerprint density at radius 1 is 0.311 bits per heavy atom. The summed E-state index contributed by atoms with van der Waals surface area (Å²) < 4.78 is 18.1. The molecule has 0 fully saturated rings. The summed E-state index contributed by atoms with van der Waals surface area (Å²) in [6.45, 7) is 0. The molecule has 2 aliphatic heterocycles. The molecule has 0 amide bonds. The Hall–Kier alpha value is -11.2. The van der Waals surface area contributed by atoms with Crippen molar-refractivity contribution in [2.75, 3.05) is 9.80 Å². The third-order valence-electron chi connectivity index (χ3n) is 19.9. The molecule has 6 heterocycles. The van der Waals surface area contributed by atoms with Gasteiger partial charge in [0.05, 0.1) is 0 Å². The summed E-state index contributed by atoms with van der Waals surface area (Å²) in [4.78, 5) is 13.7. The average molecular weight is 1610 g/mol. The molecule has 18 aromatic rings. The molecule has 0 saturated heterocycles. The van der Waals surface area contributed by atoms with E-state index in [1.54, 1.807) is 12.4 Å². The molecule has 106 heavy (non-hydrogen) atoms. The first-order valence-corrected chi connectivity index (χ1v) is 40.2. The maximum Gasteiger partial charge on any atom is 0.129 e. The first-order chi connectivity index (χ1) is 51.6. The van der Waals surface area contributed by atoms with Crippen LogP contribution in [0.5, 0.6) is 23.0 Å². The van der Waals surface area contributed by atoms with Crippen molar-refractivity contribution < 1.29 is 50.3 Å². The Morgan fingerprint density at radius 2 is 0.726 bits per heavy atom. The molecule has 0 aliphatic carbocycles. The number of para-hydroxylation sites is 2. The molecule has 0 spiro atoms. The number of hydrogen-bond acceptors (Lipinski definition) is 8. The van der Waals surface area contributed by atoms with E-state index < -0.39 is 16.1 Å². The van der Waals surface area contributed by atoms with E-state index in [0.29, 0.717) is 23.0 Å². The fraction of sp³-hybridized carbons (Fsp3) is 0. The molecular formula is C94H58N4O2Pd2S2Si2-6. The summed E-state index contributed by atoms with van der Waals surface area (Å²) in [5, 5.41) is 15.9. The second-order valence-electron chi connectivity index (χ2n) is 25.7. The Bertz CT molecular complexity index is 6150. The van der Waals surface area contributed by atoms with E-state index in [0.717, 1.165) is 56.6 Å². The maximum absolute atomic E-state index is 6.48. The molecule has 2 aliphatic rings. The van der Waals surface area contributed by atoms with Gasteiger partial charge in [0.25, 0.3) is 0 Å². The van der Waals surface area contributed by atoms with E-state index in [1.807, 2.05) is 132 Å². The summed E-state index contributed by atoms with van der Waals surface area (Å²) in [5.74, 6) is 2.42. The Kier molecular flexibility index (Phi) is 18.6. The second-order valence-corrected chi connectivity index (χ2v) is 35.2. The van der Waals surface area contributed by atoms with Crippen LogP contribution < -0.4 is 60.8 Å². The molecule has 0 saturated carbocycles. The smallest absolute Gasteiger partial charge is 0.129 e. The standard InChI is InChI=1S/2C47H29N2OSSi.2Pd/c1-3-19-37(20-4-1)52(38-21-5-2-6-22-38)45-27-10-8-25-42(45)49(43-29-28-40-39-23-7-9-26-44(39)51-46(40)47(43)52)34-16-14-18-36(32-34)50-35-17-13-15-33(31-35)41-24-11-12-30-48-41;1-3-19-37(20-4-1)52(38-21-5-2-6-22-38)45-27-10-8-25-41(45)49(42-28-29-44-46(47(42)52)39-23-7-9-26-43(39)51-44)34-16-14-18-36(32-34)50-35-17-13-15-33(31-35)40-24-11-12-30-48-40;;/h2*1-24,26-30H;;/q2*-3;;. The number of rotatable bonds is 12. The topological polar surface area (TPSA) is 50.7 Å². The van der Waals surface area contributed by atoms with Crippen LogP contribution in [0.25, 0.3) is 62.9 Å². The van der Waals surface area contributed by atoms with Crippen molar-refractivity contribution in [1.29, 1.82) is 0 Å². The fourth-order valence-corrected chi connectivity index (χ4v) is 29.1. The third kappa shape index (κ3) is 11.7. The molecule has 0 atom stereocenters. The van der Waals surface area contributed by atoms with Crippen LogP contribution in [0.3, 0.4) is 0 Å². The zero-order chi connectivity index (χ0) is 69.0. The van der Waals surface area contributed by atoms with Crippen molar-refractivity contribution in [2.45, 2.75) is 0 Å². The largest absolute Gasteiger partial charge is 0.503 e. The Labute approximate surface area is 653 Å². The zero-order valence-electron chi connectivity index (χ0n) is 56.5. The van der Waals surface area contributed by atoms with Gasteiger partial charge in [0.2, 0.25) is 0 Å². The van der Waals surface area contributed by atoms with Gasteiger partial charge in [0, 0.05) is 128 Å². The van der Waals surface area contributed by atoms with Gasteiger partial charge in [-0.1, -0.05) is 244 Å². The van der Waals surface area contributed by atoms with E-state index >= 15 is 0 Å². The number of benzene rings is 14. The van der Waals surface area contributed by atoms with Crippen molar-refractivity contribution in [3.8, 4) is 45.5 Å². The molecule has 12 heteroatoms. The monoisotopic (exact) mass is 1610 g/mol. The number of pyridine rings is 2. The van der Waals surface area contributed by atoms with Gasteiger partial charge in [0.15, 0.2) is 0 Å². The van der Waals surface area contributed by atoms with E-state index in [1.165, 1.54) is 81.8 Å². The fourth-order valence-electron chi connectivity index (χ4n) is 15.7. The van der Waals surface area contributed by atoms with Crippen LogP contribution in [0, 0.1) is 36.4 Å². The normalized spacial score (nSPS) is 12.9. The summed E-state index contributed by atoms with van der Waals surface area (Å²) in [6, 6.07) is 142. The van der Waals surface area contributed by atoms with Crippen LogP contribution in [-0.4, -0.2) is 26.1 Å². The number of thiophene rings is 2. The molecule has 0 N–H and O–H groups in total. The van der Waals surface area contributed by atoms with E-state index in [4.69, 9.17) is 9.47 Å². The third-order valence-corrected chi connectivity index (χ3v) is 32.1. The molecule has 0 unspecified atom stereocenters. The predicted molar refractivity (Wildman–Crippen MR) is 435 cm³/mol. The minimum Gasteiger partial charge on any atom is -0.503 e. The molecule has 14 aromatic carbocycles. The van der Waals surface area contributed by atoms with Gasteiger partial charge in [-0.05, 0) is 64.2 Å². The quantitative estimate of drug-likeness (QED) is 0.0897. The molecule has 20 rings (SSSR count). The summed E-state index contributed by atoms with van der Waals surface area (Å²) in [5.41, 5.74) is 9.55. The van der Waals surface area contributed by atoms with Gasteiger partial charge in [-0.3, -0.25) is 0 Å². The Balaban J connectivity index is 0.000000153. The number of anilines is 6. The van der Waals surface area contributed by atoms with E-state index in [2.05, 4.69) is 287 Å². The van der Waals surface area contributed by atoms with Gasteiger partial charge < -0.3 is 29.2 Å². The van der Waals surface area contributed by atoms with Crippen LogP contribution in [0.15, 0.2) is 352 Å². The van der Waals surface area contributed by atoms with Crippen molar-refractivity contribution in [3.63, 3.8) is 0 Å². The number of fused-ring (bicyclic) bond motifs is 12. The minimum atomic E-state index is -2.93. The van der Waals surface area contributed by atoms with Crippen molar-refractivity contribution >= 4 is 155 Å². The molecule has 0 bridgehead atoms. The van der Waals surface area contributed by atoms with E-state index in [-0.39, 0.29) is 40.8 Å².